The van der Waals surface area contributed by atoms with E-state index in [-0.39, 0.29) is 18.1 Å². The van der Waals surface area contributed by atoms with E-state index in [4.69, 9.17) is 0 Å². The molecule has 178 valence electrons. The maximum atomic E-state index is 14.0. The molecule has 2 N–H and O–H groups in total. The van der Waals surface area contributed by atoms with Crippen LogP contribution in [-0.4, -0.2) is 38.7 Å². The zero-order valence-corrected chi connectivity index (χ0v) is 18.4. The van der Waals surface area contributed by atoms with Crippen molar-refractivity contribution in [3.05, 3.63) is 59.0 Å². The highest BCUT2D eigenvalue weighted by molar-refractivity contribution is 7.92. The fraction of sp³-hybridized carbons (Fsp3) is 0.333. The fourth-order valence-electron chi connectivity index (χ4n) is 3.29. The summed E-state index contributed by atoms with van der Waals surface area (Å²) in [5.41, 5.74) is -0.442. The average molecular weight is 486 g/mol. The number of halogens is 4. The van der Waals surface area contributed by atoms with Gasteiger partial charge in [0.15, 0.2) is 0 Å². The van der Waals surface area contributed by atoms with Gasteiger partial charge in [-0.3, -0.25) is 9.52 Å². The van der Waals surface area contributed by atoms with E-state index in [1.807, 2.05) is 4.72 Å². The fourth-order valence-corrected chi connectivity index (χ4v) is 3.86. The van der Waals surface area contributed by atoms with Gasteiger partial charge in [-0.15, -0.1) is 0 Å². The summed E-state index contributed by atoms with van der Waals surface area (Å²) in [4.78, 5) is 17.7. The Balaban J connectivity index is 1.68. The Bertz CT molecular complexity index is 1160. The normalized spacial score (nSPS) is 14.6. The molecule has 1 aliphatic rings. The minimum Gasteiger partial charge on any atom is -0.356 e. The largest absolute Gasteiger partial charge is 0.433 e. The van der Waals surface area contributed by atoms with Crippen LogP contribution in [0.15, 0.2) is 36.4 Å². The molecule has 1 amide bonds. The number of amides is 1. The average Bonchev–Trinajstić information content (AvgIpc) is 3.25. The van der Waals surface area contributed by atoms with Gasteiger partial charge in [0, 0.05) is 31.3 Å². The molecule has 0 aliphatic carbocycles. The van der Waals surface area contributed by atoms with E-state index < -0.39 is 33.6 Å². The van der Waals surface area contributed by atoms with Crippen molar-refractivity contribution in [2.24, 2.45) is 0 Å². The molecule has 1 aromatic carbocycles. The summed E-state index contributed by atoms with van der Waals surface area (Å²) in [5.74, 6) is -1.17. The van der Waals surface area contributed by atoms with Gasteiger partial charge in [0.1, 0.15) is 17.3 Å². The van der Waals surface area contributed by atoms with E-state index in [9.17, 15) is 30.8 Å². The molecule has 1 aromatic heterocycles. The second-order valence-electron chi connectivity index (χ2n) is 7.54. The lowest BCUT2D eigenvalue weighted by Crippen LogP contribution is -2.22. The van der Waals surface area contributed by atoms with Crippen molar-refractivity contribution in [1.29, 1.82) is 0 Å². The zero-order chi connectivity index (χ0) is 24.2. The number of anilines is 2. The third-order valence-electron chi connectivity index (χ3n) is 4.81. The number of rotatable bonds is 7. The third-order valence-corrected chi connectivity index (χ3v) is 5.40. The first-order valence-corrected chi connectivity index (χ1v) is 11.9. The van der Waals surface area contributed by atoms with Gasteiger partial charge < -0.3 is 10.2 Å². The topological polar surface area (TPSA) is 91.4 Å². The van der Waals surface area contributed by atoms with Crippen LogP contribution in [-0.2, 0) is 27.5 Å². The lowest BCUT2D eigenvalue weighted by Gasteiger charge is -2.20. The van der Waals surface area contributed by atoms with Crippen molar-refractivity contribution >= 4 is 33.5 Å². The van der Waals surface area contributed by atoms with Gasteiger partial charge in [0.05, 0.1) is 11.9 Å². The molecule has 2 aromatic rings. The number of aromatic nitrogens is 1. The molecule has 1 saturated heterocycles. The molecule has 0 atom stereocenters. The number of hydrogen-bond donors (Lipinski definition) is 2. The third kappa shape index (κ3) is 6.91. The van der Waals surface area contributed by atoms with E-state index in [0.29, 0.717) is 24.2 Å². The monoisotopic (exact) mass is 486 g/mol. The number of hydrogen-bond acceptors (Lipinski definition) is 5. The number of benzene rings is 1. The second kappa shape index (κ2) is 9.77. The molecule has 0 spiro atoms. The Kier molecular flexibility index (Phi) is 7.25. The number of carbonyl (C=O) groups excluding carboxylic acids is 1. The summed E-state index contributed by atoms with van der Waals surface area (Å²) in [6.45, 7) is 1.12. The van der Waals surface area contributed by atoms with Crippen LogP contribution in [0.5, 0.6) is 0 Å². The lowest BCUT2D eigenvalue weighted by molar-refractivity contribution is -0.141. The predicted octanol–water partition coefficient (Wildman–Crippen LogP) is 3.54. The van der Waals surface area contributed by atoms with Gasteiger partial charge in [-0.25, -0.2) is 17.8 Å². The summed E-state index contributed by atoms with van der Waals surface area (Å²) in [7, 11) is -3.63. The predicted molar refractivity (Wildman–Crippen MR) is 116 cm³/mol. The summed E-state index contributed by atoms with van der Waals surface area (Å²) in [6, 6.07) is 5.92. The first kappa shape index (κ1) is 24.5. The number of nitrogens with zero attached hydrogens (tertiary/aromatic N) is 2. The van der Waals surface area contributed by atoms with Crippen molar-refractivity contribution in [2.75, 3.05) is 29.0 Å². The smallest absolute Gasteiger partial charge is 0.356 e. The Morgan fingerprint density at radius 2 is 1.88 bits per heavy atom. The van der Waals surface area contributed by atoms with Gasteiger partial charge in [-0.05, 0) is 48.7 Å². The number of carbonyl (C=O) groups is 1. The first-order valence-electron chi connectivity index (χ1n) is 9.98. The van der Waals surface area contributed by atoms with Gasteiger partial charge >= 0.3 is 6.18 Å². The van der Waals surface area contributed by atoms with E-state index >= 15 is 0 Å². The number of sulfonamides is 1. The van der Waals surface area contributed by atoms with Crippen molar-refractivity contribution in [3.63, 3.8) is 0 Å². The highest BCUT2D eigenvalue weighted by Crippen LogP contribution is 2.32. The highest BCUT2D eigenvalue weighted by atomic mass is 32.2. The molecular formula is C21H22F4N4O3S. The Morgan fingerprint density at radius 3 is 2.48 bits per heavy atom. The molecule has 2 heterocycles. The Hall–Kier alpha value is -3.15. The first-order chi connectivity index (χ1) is 15.4. The summed E-state index contributed by atoms with van der Waals surface area (Å²) in [6.07, 6.45) is 0.562. The van der Waals surface area contributed by atoms with E-state index in [2.05, 4.69) is 10.3 Å². The summed E-state index contributed by atoms with van der Waals surface area (Å²) >= 11 is 0. The molecule has 33 heavy (non-hydrogen) atoms. The zero-order valence-electron chi connectivity index (χ0n) is 17.6. The van der Waals surface area contributed by atoms with Gasteiger partial charge in [0.2, 0.25) is 15.9 Å². The van der Waals surface area contributed by atoms with E-state index in [1.54, 1.807) is 4.90 Å². The highest BCUT2D eigenvalue weighted by Gasteiger charge is 2.33. The molecule has 0 unspecified atom stereocenters. The Morgan fingerprint density at radius 1 is 1.18 bits per heavy atom. The standard InChI is InChI=1S/C21H22F4N4O3S/c1-33(31,32)28-17-7-4-14(12-16(17)22)13-26-19(30)9-6-15-5-8-18(21(23,24)25)27-20(15)29-10-2-3-11-29/h4-9,12,28H,2-3,10-11,13H2,1H3,(H,26,30). The molecule has 1 fully saturated rings. The second-order valence-corrected chi connectivity index (χ2v) is 9.29. The van der Waals surface area contributed by atoms with E-state index in [0.717, 1.165) is 31.2 Å². The maximum absolute atomic E-state index is 14.0. The van der Waals surface area contributed by atoms with Gasteiger partial charge in [-0.2, -0.15) is 13.2 Å². The van der Waals surface area contributed by atoms with Crippen LogP contribution in [0.4, 0.5) is 29.1 Å². The molecule has 0 saturated carbocycles. The van der Waals surface area contributed by atoms with Crippen molar-refractivity contribution in [1.82, 2.24) is 10.3 Å². The van der Waals surface area contributed by atoms with Crippen LogP contribution in [0.3, 0.4) is 0 Å². The number of pyridine rings is 1. The molecule has 1 aliphatic heterocycles. The van der Waals surface area contributed by atoms with Crippen LogP contribution in [0.1, 0.15) is 29.7 Å². The lowest BCUT2D eigenvalue weighted by atomic mass is 10.2. The van der Waals surface area contributed by atoms with Crippen LogP contribution in [0, 0.1) is 5.82 Å². The molecule has 12 heteroatoms. The minimum atomic E-state index is -4.57. The molecule has 3 rings (SSSR count). The summed E-state index contributed by atoms with van der Waals surface area (Å²) in [5, 5.41) is 2.54. The number of nitrogens with one attached hydrogen (secondary N) is 2. The van der Waals surface area contributed by atoms with Crippen LogP contribution >= 0.6 is 0 Å². The van der Waals surface area contributed by atoms with E-state index in [1.165, 1.54) is 30.4 Å². The molecular weight excluding hydrogens is 464 g/mol. The molecule has 7 nitrogen and oxygen atoms in total. The maximum Gasteiger partial charge on any atom is 0.433 e. The van der Waals surface area contributed by atoms with Crippen molar-refractivity contribution in [3.8, 4) is 0 Å². The van der Waals surface area contributed by atoms with Crippen LogP contribution in [0.2, 0.25) is 0 Å². The minimum absolute atomic E-state index is 0.0382. The Labute approximate surface area is 188 Å². The van der Waals surface area contributed by atoms with Crippen LogP contribution < -0.4 is 14.9 Å². The number of alkyl halides is 3. The van der Waals surface area contributed by atoms with Gasteiger partial charge in [0.25, 0.3) is 0 Å². The van der Waals surface area contributed by atoms with Crippen molar-refractivity contribution < 1.29 is 30.8 Å². The molecule has 0 bridgehead atoms. The quantitative estimate of drug-likeness (QED) is 0.462. The SMILES string of the molecule is CS(=O)(=O)Nc1ccc(CNC(=O)C=Cc2ccc(C(F)(F)F)nc2N2CCCC2)cc1F. The van der Waals surface area contributed by atoms with Crippen molar-refractivity contribution in [2.45, 2.75) is 25.6 Å². The van der Waals surface area contributed by atoms with Gasteiger partial charge in [-0.1, -0.05) is 6.07 Å². The van der Waals surface area contributed by atoms with Crippen LogP contribution in [0.25, 0.3) is 6.08 Å². The molecule has 0 radical (unpaired) electrons. The summed E-state index contributed by atoms with van der Waals surface area (Å²) < 4.78 is 77.7.